The molecule has 0 fully saturated rings. The van der Waals surface area contributed by atoms with Crippen molar-refractivity contribution < 1.29 is 8.78 Å². The molecule has 0 bridgehead atoms. The molecule has 0 spiro atoms. The summed E-state index contributed by atoms with van der Waals surface area (Å²) in [5.74, 6) is -0.138. The maximum absolute atomic E-state index is 14.2. The lowest BCUT2D eigenvalue weighted by molar-refractivity contribution is 0.251. The van der Waals surface area contributed by atoms with Crippen molar-refractivity contribution in [2.45, 2.75) is 33.5 Å². The first-order chi connectivity index (χ1) is 13.2. The van der Waals surface area contributed by atoms with Gasteiger partial charge in [-0.05, 0) is 47.5 Å². The van der Waals surface area contributed by atoms with Gasteiger partial charge in [0.2, 0.25) is 0 Å². The van der Waals surface area contributed by atoms with Crippen LogP contribution in [-0.2, 0) is 13.7 Å². The highest BCUT2D eigenvalue weighted by molar-refractivity contribution is 7.71. The fraction of sp³-hybridized carbons (Fsp3) is 0.333. The molecule has 0 saturated carbocycles. The van der Waals surface area contributed by atoms with Crippen LogP contribution in [-0.4, -0.2) is 14.3 Å². The first kappa shape index (κ1) is 20.4. The van der Waals surface area contributed by atoms with Gasteiger partial charge in [-0.15, -0.1) is 0 Å². The molecule has 28 heavy (non-hydrogen) atoms. The summed E-state index contributed by atoms with van der Waals surface area (Å²) < 4.78 is 31.3. The molecule has 1 aromatic heterocycles. The van der Waals surface area contributed by atoms with Crippen molar-refractivity contribution in [3.63, 3.8) is 0 Å². The van der Waals surface area contributed by atoms with Crippen LogP contribution < -0.4 is 5.32 Å². The van der Waals surface area contributed by atoms with E-state index in [2.05, 4.69) is 31.2 Å². The zero-order valence-electron chi connectivity index (χ0n) is 16.4. The highest BCUT2D eigenvalue weighted by Gasteiger charge is 2.26. The fourth-order valence-electron chi connectivity index (χ4n) is 3.23. The highest BCUT2D eigenvalue weighted by atomic mass is 32.1. The number of nitrogens with zero attached hydrogens (tertiary/aromatic N) is 3. The maximum Gasteiger partial charge on any atom is 0.199 e. The molecule has 7 heteroatoms. The normalized spacial score (nSPS) is 12.9. The SMILES string of the molecule is Cn1c(-c2ccccc2F)nn(CNC(c2ccc(F)cc2)C(C)(C)C)c1=S. The summed E-state index contributed by atoms with van der Waals surface area (Å²) >= 11 is 5.49. The quantitative estimate of drug-likeness (QED) is 0.594. The Morgan fingerprint density at radius 1 is 1.07 bits per heavy atom. The smallest absolute Gasteiger partial charge is 0.199 e. The second-order valence-electron chi connectivity index (χ2n) is 7.86. The summed E-state index contributed by atoms with van der Waals surface area (Å²) in [7, 11) is 1.77. The topological polar surface area (TPSA) is 34.8 Å². The minimum absolute atomic E-state index is 0.0473. The van der Waals surface area contributed by atoms with E-state index in [0.717, 1.165) is 5.56 Å². The molecule has 0 aliphatic rings. The van der Waals surface area contributed by atoms with Crippen LogP contribution in [0.5, 0.6) is 0 Å². The first-order valence-corrected chi connectivity index (χ1v) is 9.47. The zero-order chi connectivity index (χ0) is 20.5. The minimum Gasteiger partial charge on any atom is -0.303 e. The summed E-state index contributed by atoms with van der Waals surface area (Å²) in [6.07, 6.45) is 0. The highest BCUT2D eigenvalue weighted by Crippen LogP contribution is 2.33. The van der Waals surface area contributed by atoms with Gasteiger partial charge in [0.05, 0.1) is 12.2 Å². The largest absolute Gasteiger partial charge is 0.303 e. The lowest BCUT2D eigenvalue weighted by Crippen LogP contribution is -2.34. The average Bonchev–Trinajstić information content (AvgIpc) is 2.91. The molecule has 148 valence electrons. The molecule has 1 N–H and O–H groups in total. The number of benzene rings is 2. The van der Waals surface area contributed by atoms with Crippen LogP contribution in [0, 0.1) is 21.8 Å². The first-order valence-electron chi connectivity index (χ1n) is 9.06. The van der Waals surface area contributed by atoms with Crippen molar-refractivity contribution >= 4 is 12.2 Å². The van der Waals surface area contributed by atoms with E-state index >= 15 is 0 Å². The molecular formula is C21H24F2N4S. The minimum atomic E-state index is -0.343. The molecule has 3 aromatic rings. The molecule has 4 nitrogen and oxygen atoms in total. The molecule has 0 radical (unpaired) electrons. The third kappa shape index (κ3) is 4.20. The van der Waals surface area contributed by atoms with Crippen LogP contribution in [0.25, 0.3) is 11.4 Å². The van der Waals surface area contributed by atoms with Crippen molar-refractivity contribution in [3.8, 4) is 11.4 Å². The number of nitrogens with one attached hydrogen (secondary N) is 1. The second kappa shape index (κ2) is 7.93. The molecule has 0 aliphatic carbocycles. The van der Waals surface area contributed by atoms with E-state index in [1.165, 1.54) is 18.2 Å². The Morgan fingerprint density at radius 2 is 1.71 bits per heavy atom. The van der Waals surface area contributed by atoms with Crippen molar-refractivity contribution in [2.75, 3.05) is 0 Å². The molecule has 1 unspecified atom stereocenters. The van der Waals surface area contributed by atoms with Crippen molar-refractivity contribution in [3.05, 3.63) is 70.5 Å². The molecule has 0 saturated heterocycles. The van der Waals surface area contributed by atoms with E-state index in [0.29, 0.717) is 22.8 Å². The van der Waals surface area contributed by atoms with Gasteiger partial charge < -0.3 is 4.57 Å². The molecule has 1 heterocycles. The maximum atomic E-state index is 14.2. The Kier molecular flexibility index (Phi) is 5.76. The van der Waals surface area contributed by atoms with Crippen LogP contribution >= 0.6 is 12.2 Å². The van der Waals surface area contributed by atoms with Gasteiger partial charge in [0.25, 0.3) is 0 Å². The van der Waals surface area contributed by atoms with Gasteiger partial charge in [-0.3, -0.25) is 5.32 Å². The van der Waals surface area contributed by atoms with E-state index in [9.17, 15) is 8.78 Å². The van der Waals surface area contributed by atoms with E-state index < -0.39 is 0 Å². The number of hydrogen-bond donors (Lipinski definition) is 1. The molecule has 1 atom stereocenters. The Morgan fingerprint density at radius 3 is 2.32 bits per heavy atom. The Labute approximate surface area is 168 Å². The molecule has 2 aromatic carbocycles. The lowest BCUT2D eigenvalue weighted by atomic mass is 9.82. The number of rotatable bonds is 5. The summed E-state index contributed by atoms with van der Waals surface area (Å²) in [5.41, 5.74) is 1.26. The van der Waals surface area contributed by atoms with E-state index in [-0.39, 0.29) is 23.1 Å². The molecule has 0 aliphatic heterocycles. The molecule has 0 amide bonds. The van der Waals surface area contributed by atoms with E-state index in [4.69, 9.17) is 12.2 Å². The van der Waals surface area contributed by atoms with Gasteiger partial charge in [-0.25, -0.2) is 13.5 Å². The number of halogens is 2. The van der Waals surface area contributed by atoms with Gasteiger partial charge in [0, 0.05) is 13.1 Å². The summed E-state index contributed by atoms with van der Waals surface area (Å²) in [4.78, 5) is 0. The van der Waals surface area contributed by atoms with Crippen molar-refractivity contribution in [1.29, 1.82) is 0 Å². The summed E-state index contributed by atoms with van der Waals surface area (Å²) in [6.45, 7) is 6.67. The van der Waals surface area contributed by atoms with E-state index in [1.807, 2.05) is 0 Å². The number of aromatic nitrogens is 3. The summed E-state index contributed by atoms with van der Waals surface area (Å²) in [6, 6.07) is 12.9. The van der Waals surface area contributed by atoms with Crippen LogP contribution in [0.2, 0.25) is 0 Å². The standard InChI is InChI=1S/C21H24F2N4S/c1-21(2,3)18(14-9-11-15(22)12-10-14)24-13-27-20(28)26(4)19(25-27)16-7-5-6-8-17(16)23/h5-12,18,24H,13H2,1-4H3. The van der Waals surface area contributed by atoms with E-state index in [1.54, 1.807) is 46.6 Å². The monoisotopic (exact) mass is 402 g/mol. The van der Waals surface area contributed by atoms with Crippen LogP contribution in [0.3, 0.4) is 0 Å². The van der Waals surface area contributed by atoms with Crippen LogP contribution in [0.4, 0.5) is 8.78 Å². The Hall–Kier alpha value is -2.38. The van der Waals surface area contributed by atoms with Crippen LogP contribution in [0.15, 0.2) is 48.5 Å². The third-order valence-electron chi connectivity index (χ3n) is 4.67. The van der Waals surface area contributed by atoms with Gasteiger partial charge in [-0.2, -0.15) is 5.10 Å². The zero-order valence-corrected chi connectivity index (χ0v) is 17.2. The van der Waals surface area contributed by atoms with Crippen molar-refractivity contribution in [2.24, 2.45) is 12.5 Å². The van der Waals surface area contributed by atoms with Crippen LogP contribution in [0.1, 0.15) is 32.4 Å². The van der Waals surface area contributed by atoms with Crippen molar-refractivity contribution in [1.82, 2.24) is 19.7 Å². The predicted molar refractivity (Wildman–Crippen MR) is 109 cm³/mol. The Balaban J connectivity index is 1.89. The lowest BCUT2D eigenvalue weighted by Gasteiger charge is -2.32. The van der Waals surface area contributed by atoms with Gasteiger partial charge >= 0.3 is 0 Å². The van der Waals surface area contributed by atoms with Gasteiger partial charge in [-0.1, -0.05) is 45.0 Å². The Bertz CT molecular complexity index is 1020. The summed E-state index contributed by atoms with van der Waals surface area (Å²) in [5, 5.41) is 7.98. The molecular weight excluding hydrogens is 378 g/mol. The van der Waals surface area contributed by atoms with Gasteiger partial charge in [0.1, 0.15) is 11.6 Å². The average molecular weight is 403 g/mol. The fourth-order valence-corrected chi connectivity index (χ4v) is 3.42. The molecule has 3 rings (SSSR count). The number of hydrogen-bond acceptors (Lipinski definition) is 3. The predicted octanol–water partition coefficient (Wildman–Crippen LogP) is 5.23. The third-order valence-corrected chi connectivity index (χ3v) is 5.15. The second-order valence-corrected chi connectivity index (χ2v) is 8.22. The van der Waals surface area contributed by atoms with Gasteiger partial charge in [0.15, 0.2) is 10.6 Å².